The molecule has 2 aromatic rings. The molecule has 7 heteroatoms. The van der Waals surface area contributed by atoms with E-state index < -0.39 is 0 Å². The fourth-order valence-corrected chi connectivity index (χ4v) is 2.99. The number of thioether (sulfide) groups is 1. The van der Waals surface area contributed by atoms with E-state index in [0.29, 0.717) is 6.61 Å². The normalized spacial score (nSPS) is 10.4. The predicted molar refractivity (Wildman–Crippen MR) is 100 cm³/mol. The SMILES string of the molecule is CCOc1ccc2nc(SCCN(CC)CC)[nH]c2c1.Cl.Cl. The van der Waals surface area contributed by atoms with Crippen molar-refractivity contribution in [3.8, 4) is 5.75 Å². The van der Waals surface area contributed by atoms with Crippen molar-refractivity contribution in [3.63, 3.8) is 0 Å². The number of nitrogens with one attached hydrogen (secondary N) is 1. The van der Waals surface area contributed by atoms with Gasteiger partial charge in [0.2, 0.25) is 0 Å². The van der Waals surface area contributed by atoms with E-state index in [-0.39, 0.29) is 24.8 Å². The lowest BCUT2D eigenvalue weighted by Crippen LogP contribution is -2.25. The molecule has 2 rings (SSSR count). The van der Waals surface area contributed by atoms with E-state index >= 15 is 0 Å². The second-order valence-electron chi connectivity index (χ2n) is 4.53. The molecule has 0 unspecified atom stereocenters. The molecule has 0 saturated heterocycles. The van der Waals surface area contributed by atoms with Crippen LogP contribution in [0.1, 0.15) is 20.8 Å². The van der Waals surface area contributed by atoms with Gasteiger partial charge in [0.25, 0.3) is 0 Å². The summed E-state index contributed by atoms with van der Waals surface area (Å²) in [7, 11) is 0. The van der Waals surface area contributed by atoms with E-state index in [4.69, 9.17) is 4.74 Å². The number of ether oxygens (including phenoxy) is 1. The quantitative estimate of drug-likeness (QED) is 0.710. The van der Waals surface area contributed by atoms with E-state index in [0.717, 1.165) is 47.3 Å². The van der Waals surface area contributed by atoms with Gasteiger partial charge in [0.05, 0.1) is 17.6 Å². The third-order valence-corrected chi connectivity index (χ3v) is 4.14. The van der Waals surface area contributed by atoms with Crippen molar-refractivity contribution in [2.24, 2.45) is 0 Å². The van der Waals surface area contributed by atoms with Crippen molar-refractivity contribution in [3.05, 3.63) is 18.2 Å². The van der Waals surface area contributed by atoms with E-state index in [1.165, 1.54) is 0 Å². The van der Waals surface area contributed by atoms with Gasteiger partial charge in [-0.1, -0.05) is 25.6 Å². The first kappa shape index (κ1) is 21.4. The number of nitrogens with zero attached hydrogens (tertiary/aromatic N) is 2. The van der Waals surface area contributed by atoms with Gasteiger partial charge in [0.15, 0.2) is 5.16 Å². The molecule has 22 heavy (non-hydrogen) atoms. The zero-order chi connectivity index (χ0) is 14.4. The van der Waals surface area contributed by atoms with E-state index in [9.17, 15) is 0 Å². The van der Waals surface area contributed by atoms with Gasteiger partial charge in [0, 0.05) is 18.4 Å². The number of H-pyrrole nitrogens is 1. The Bertz CT molecular complexity index is 547. The molecule has 0 radical (unpaired) electrons. The Morgan fingerprint density at radius 3 is 2.55 bits per heavy atom. The predicted octanol–water partition coefficient (Wildman–Crippen LogP) is 4.24. The van der Waals surface area contributed by atoms with Crippen molar-refractivity contribution in [2.75, 3.05) is 32.0 Å². The summed E-state index contributed by atoms with van der Waals surface area (Å²) in [5.74, 6) is 1.95. The van der Waals surface area contributed by atoms with E-state index in [2.05, 4.69) is 28.7 Å². The van der Waals surface area contributed by atoms with Crippen molar-refractivity contribution >= 4 is 47.6 Å². The summed E-state index contributed by atoms with van der Waals surface area (Å²) in [4.78, 5) is 10.4. The summed E-state index contributed by atoms with van der Waals surface area (Å²) in [6.07, 6.45) is 0. The Morgan fingerprint density at radius 2 is 1.91 bits per heavy atom. The fourth-order valence-electron chi connectivity index (χ4n) is 2.10. The zero-order valence-corrected chi connectivity index (χ0v) is 15.7. The summed E-state index contributed by atoms with van der Waals surface area (Å²) < 4.78 is 5.50. The first-order valence-electron chi connectivity index (χ1n) is 7.24. The third-order valence-electron chi connectivity index (χ3n) is 3.28. The Hall–Kier alpha value is -0.620. The van der Waals surface area contributed by atoms with Crippen LogP contribution < -0.4 is 4.74 Å². The van der Waals surface area contributed by atoms with Crippen LogP contribution in [0.5, 0.6) is 5.75 Å². The molecule has 1 heterocycles. The van der Waals surface area contributed by atoms with Gasteiger partial charge >= 0.3 is 0 Å². The molecule has 126 valence electrons. The minimum Gasteiger partial charge on any atom is -0.494 e. The average Bonchev–Trinajstić information content (AvgIpc) is 2.86. The van der Waals surface area contributed by atoms with E-state index in [1.54, 1.807) is 11.8 Å². The van der Waals surface area contributed by atoms with Gasteiger partial charge in [-0.2, -0.15) is 0 Å². The average molecular weight is 366 g/mol. The van der Waals surface area contributed by atoms with Crippen molar-refractivity contribution in [2.45, 2.75) is 25.9 Å². The first-order valence-corrected chi connectivity index (χ1v) is 8.23. The maximum absolute atomic E-state index is 5.50. The number of halogens is 2. The van der Waals surface area contributed by atoms with Crippen LogP contribution in [0, 0.1) is 0 Å². The number of imidazole rings is 1. The first-order chi connectivity index (χ1) is 9.76. The number of aromatic nitrogens is 2. The highest BCUT2D eigenvalue weighted by Crippen LogP contribution is 2.23. The van der Waals surface area contributed by atoms with Crippen molar-refractivity contribution in [1.82, 2.24) is 14.9 Å². The number of hydrogen-bond acceptors (Lipinski definition) is 4. The number of hydrogen-bond donors (Lipinski definition) is 1. The Labute approximate surface area is 149 Å². The molecule has 1 N–H and O–H groups in total. The lowest BCUT2D eigenvalue weighted by molar-refractivity contribution is 0.324. The molecule has 1 aromatic heterocycles. The zero-order valence-electron chi connectivity index (χ0n) is 13.3. The van der Waals surface area contributed by atoms with Gasteiger partial charge in [-0.05, 0) is 32.1 Å². The van der Waals surface area contributed by atoms with Gasteiger partial charge in [0.1, 0.15) is 5.75 Å². The van der Waals surface area contributed by atoms with Crippen LogP contribution in [0.4, 0.5) is 0 Å². The van der Waals surface area contributed by atoms with Gasteiger partial charge in [-0.3, -0.25) is 0 Å². The minimum atomic E-state index is 0. The summed E-state index contributed by atoms with van der Waals surface area (Å²) in [5.41, 5.74) is 2.04. The summed E-state index contributed by atoms with van der Waals surface area (Å²) in [6.45, 7) is 10.4. The minimum absolute atomic E-state index is 0. The molecule has 0 bridgehead atoms. The number of aromatic amines is 1. The summed E-state index contributed by atoms with van der Waals surface area (Å²) in [6, 6.07) is 5.99. The second-order valence-corrected chi connectivity index (χ2v) is 5.61. The van der Waals surface area contributed by atoms with Crippen LogP contribution in [-0.2, 0) is 0 Å². The number of benzene rings is 1. The maximum Gasteiger partial charge on any atom is 0.166 e. The fraction of sp³-hybridized carbons (Fsp3) is 0.533. The second kappa shape index (κ2) is 11.0. The molecular weight excluding hydrogens is 341 g/mol. The third kappa shape index (κ3) is 5.88. The van der Waals surface area contributed by atoms with Crippen LogP contribution in [0.3, 0.4) is 0 Å². The molecule has 0 saturated carbocycles. The van der Waals surface area contributed by atoms with Gasteiger partial charge in [-0.15, -0.1) is 24.8 Å². The standard InChI is InChI=1S/C15H23N3OS.2ClH/c1-4-18(5-2)9-10-20-15-16-13-8-7-12(19-6-3)11-14(13)17-15;;/h7-8,11H,4-6,9-10H2,1-3H3,(H,16,17);2*1H. The monoisotopic (exact) mass is 365 g/mol. The van der Waals surface area contributed by atoms with Crippen LogP contribution >= 0.6 is 36.6 Å². The molecule has 0 spiro atoms. The largest absolute Gasteiger partial charge is 0.494 e. The highest BCUT2D eigenvalue weighted by atomic mass is 35.5. The number of fused-ring (bicyclic) bond motifs is 1. The molecule has 4 nitrogen and oxygen atoms in total. The Morgan fingerprint density at radius 1 is 1.18 bits per heavy atom. The van der Waals surface area contributed by atoms with Crippen molar-refractivity contribution in [1.29, 1.82) is 0 Å². The van der Waals surface area contributed by atoms with Crippen LogP contribution in [0.25, 0.3) is 11.0 Å². The highest BCUT2D eigenvalue weighted by Gasteiger charge is 2.06. The number of rotatable bonds is 8. The molecule has 1 aromatic carbocycles. The topological polar surface area (TPSA) is 41.1 Å². The molecular formula is C15H25Cl2N3OS. The van der Waals surface area contributed by atoms with Crippen LogP contribution in [0.15, 0.2) is 23.4 Å². The van der Waals surface area contributed by atoms with Gasteiger partial charge < -0.3 is 14.6 Å². The Kier molecular flexibility index (Phi) is 10.7. The van der Waals surface area contributed by atoms with Crippen LogP contribution in [0.2, 0.25) is 0 Å². The van der Waals surface area contributed by atoms with Crippen molar-refractivity contribution < 1.29 is 4.74 Å². The van der Waals surface area contributed by atoms with E-state index in [1.807, 2.05) is 25.1 Å². The molecule has 0 aliphatic rings. The van der Waals surface area contributed by atoms with Crippen LogP contribution in [-0.4, -0.2) is 46.9 Å². The summed E-state index contributed by atoms with van der Waals surface area (Å²) >= 11 is 1.78. The molecule has 0 fully saturated rings. The molecule has 0 aliphatic carbocycles. The molecule has 0 amide bonds. The van der Waals surface area contributed by atoms with Gasteiger partial charge in [-0.25, -0.2) is 4.98 Å². The smallest absolute Gasteiger partial charge is 0.166 e. The Balaban J connectivity index is 0.00000220. The lowest BCUT2D eigenvalue weighted by Gasteiger charge is -2.16. The lowest BCUT2D eigenvalue weighted by atomic mass is 10.3. The molecule has 0 aliphatic heterocycles. The summed E-state index contributed by atoms with van der Waals surface area (Å²) in [5, 5.41) is 0.987. The maximum atomic E-state index is 5.50. The highest BCUT2D eigenvalue weighted by molar-refractivity contribution is 7.99. The molecule has 0 atom stereocenters.